The monoisotopic (exact) mass is 238 g/mol. The lowest BCUT2D eigenvalue weighted by atomic mass is 9.79. The number of rotatable bonds is 4. The minimum atomic E-state index is -0.460. The topological polar surface area (TPSA) is 93.0 Å². The number of aromatic nitrogens is 2. The lowest BCUT2D eigenvalue weighted by Crippen LogP contribution is -2.49. The van der Waals surface area contributed by atoms with Crippen molar-refractivity contribution in [2.24, 2.45) is 11.1 Å². The Morgan fingerprint density at radius 2 is 2.35 bits per heavy atom. The van der Waals surface area contributed by atoms with Gasteiger partial charge in [0, 0.05) is 26.0 Å². The molecule has 1 amide bonds. The third-order valence-corrected chi connectivity index (χ3v) is 3.32. The molecule has 1 fully saturated rings. The molecule has 2 heterocycles. The predicted octanol–water partition coefficient (Wildman–Crippen LogP) is -0.219. The van der Waals surface area contributed by atoms with Crippen molar-refractivity contribution in [3.63, 3.8) is 0 Å². The van der Waals surface area contributed by atoms with Crippen LogP contribution in [0.4, 0.5) is 0 Å². The van der Waals surface area contributed by atoms with Crippen molar-refractivity contribution in [1.82, 2.24) is 15.3 Å². The van der Waals surface area contributed by atoms with Gasteiger partial charge in [-0.15, -0.1) is 0 Å². The average molecular weight is 238 g/mol. The molecular weight excluding hydrogens is 220 g/mol. The Balaban J connectivity index is 1.93. The van der Waals surface area contributed by atoms with E-state index in [1.807, 2.05) is 0 Å². The first-order valence-electron chi connectivity index (χ1n) is 5.80. The quantitative estimate of drug-likeness (QED) is 0.676. The summed E-state index contributed by atoms with van der Waals surface area (Å²) in [6, 6.07) is 0. The second-order valence-electron chi connectivity index (χ2n) is 4.36. The number of H-pyrrole nitrogens is 1. The first-order chi connectivity index (χ1) is 8.27. The number of carbonyl (C=O) groups excluding carboxylic acids is 1. The van der Waals surface area contributed by atoms with Crippen LogP contribution >= 0.6 is 0 Å². The molecule has 0 saturated carbocycles. The third kappa shape index (κ3) is 2.65. The summed E-state index contributed by atoms with van der Waals surface area (Å²) in [7, 11) is 0. The summed E-state index contributed by atoms with van der Waals surface area (Å²) in [5, 5.41) is 2.90. The average Bonchev–Trinajstić information content (AvgIpc) is 2.90. The van der Waals surface area contributed by atoms with Gasteiger partial charge < -0.3 is 20.8 Å². The van der Waals surface area contributed by atoms with Crippen LogP contribution < -0.4 is 11.1 Å². The number of amides is 1. The molecule has 0 bridgehead atoms. The molecule has 94 valence electrons. The van der Waals surface area contributed by atoms with E-state index in [4.69, 9.17) is 10.5 Å². The maximum Gasteiger partial charge on any atom is 0.227 e. The summed E-state index contributed by atoms with van der Waals surface area (Å²) in [5.74, 6) is 0.0119. The predicted molar refractivity (Wildman–Crippen MR) is 62.0 cm³/mol. The number of aromatic amines is 1. The molecule has 0 radical (unpaired) electrons. The summed E-state index contributed by atoms with van der Waals surface area (Å²) in [5.41, 5.74) is 6.18. The van der Waals surface area contributed by atoms with Gasteiger partial charge in [-0.3, -0.25) is 4.79 Å². The van der Waals surface area contributed by atoms with Crippen LogP contribution in [0.2, 0.25) is 0 Å². The normalized spacial score (nSPS) is 18.9. The largest absolute Gasteiger partial charge is 0.381 e. The molecule has 0 unspecified atom stereocenters. The molecule has 1 aromatic heterocycles. The van der Waals surface area contributed by atoms with Gasteiger partial charge >= 0.3 is 0 Å². The van der Waals surface area contributed by atoms with Crippen molar-refractivity contribution in [3.05, 3.63) is 18.2 Å². The molecule has 1 aliphatic heterocycles. The molecule has 0 spiro atoms. The molecule has 1 aromatic rings. The smallest absolute Gasteiger partial charge is 0.227 e. The van der Waals surface area contributed by atoms with Gasteiger partial charge in [0.2, 0.25) is 5.91 Å². The zero-order valence-electron chi connectivity index (χ0n) is 9.74. The first kappa shape index (κ1) is 12.1. The zero-order valence-corrected chi connectivity index (χ0v) is 9.74. The number of nitrogens with one attached hydrogen (secondary N) is 2. The molecule has 0 aliphatic carbocycles. The molecular formula is C11H18N4O2. The van der Waals surface area contributed by atoms with Crippen LogP contribution in [0.5, 0.6) is 0 Å². The van der Waals surface area contributed by atoms with Gasteiger partial charge in [0.1, 0.15) is 0 Å². The van der Waals surface area contributed by atoms with E-state index in [9.17, 15) is 4.79 Å². The van der Waals surface area contributed by atoms with Gasteiger partial charge in [0.25, 0.3) is 0 Å². The number of hydrogen-bond donors (Lipinski definition) is 3. The lowest BCUT2D eigenvalue weighted by Gasteiger charge is -2.34. The number of carbonyl (C=O) groups is 1. The van der Waals surface area contributed by atoms with E-state index >= 15 is 0 Å². The summed E-state index contributed by atoms with van der Waals surface area (Å²) in [6.07, 6.45) is 4.67. The highest BCUT2D eigenvalue weighted by Crippen LogP contribution is 2.29. The SMILES string of the molecule is NCC1(C(=O)NCc2cnc[nH]2)CCOCC1. The highest BCUT2D eigenvalue weighted by Gasteiger charge is 2.38. The maximum atomic E-state index is 12.2. The van der Waals surface area contributed by atoms with Crippen molar-refractivity contribution < 1.29 is 9.53 Å². The molecule has 17 heavy (non-hydrogen) atoms. The Morgan fingerprint density at radius 3 is 2.94 bits per heavy atom. The van der Waals surface area contributed by atoms with Crippen LogP contribution in [0.25, 0.3) is 0 Å². The molecule has 4 N–H and O–H groups in total. The van der Waals surface area contributed by atoms with Crippen LogP contribution in [0.3, 0.4) is 0 Å². The van der Waals surface area contributed by atoms with E-state index < -0.39 is 5.41 Å². The molecule has 0 atom stereocenters. The Hall–Kier alpha value is -1.40. The van der Waals surface area contributed by atoms with E-state index in [0.717, 1.165) is 5.69 Å². The van der Waals surface area contributed by atoms with E-state index in [1.165, 1.54) is 0 Å². The Bertz CT molecular complexity index is 358. The van der Waals surface area contributed by atoms with Crippen LogP contribution in [-0.4, -0.2) is 35.6 Å². The molecule has 6 heteroatoms. The maximum absolute atomic E-state index is 12.2. The number of nitrogens with zero attached hydrogens (tertiary/aromatic N) is 1. The first-order valence-corrected chi connectivity index (χ1v) is 5.80. The van der Waals surface area contributed by atoms with E-state index in [0.29, 0.717) is 39.1 Å². The van der Waals surface area contributed by atoms with Crippen LogP contribution in [0.15, 0.2) is 12.5 Å². The van der Waals surface area contributed by atoms with Crippen molar-refractivity contribution in [2.75, 3.05) is 19.8 Å². The van der Waals surface area contributed by atoms with E-state index in [-0.39, 0.29) is 5.91 Å². The van der Waals surface area contributed by atoms with Crippen molar-refractivity contribution in [2.45, 2.75) is 19.4 Å². The van der Waals surface area contributed by atoms with E-state index in [1.54, 1.807) is 12.5 Å². The van der Waals surface area contributed by atoms with Crippen molar-refractivity contribution >= 4 is 5.91 Å². The fourth-order valence-corrected chi connectivity index (χ4v) is 2.03. The lowest BCUT2D eigenvalue weighted by molar-refractivity contribution is -0.136. The number of ether oxygens (including phenoxy) is 1. The van der Waals surface area contributed by atoms with E-state index in [2.05, 4.69) is 15.3 Å². The third-order valence-electron chi connectivity index (χ3n) is 3.32. The molecule has 6 nitrogen and oxygen atoms in total. The number of imidazole rings is 1. The second-order valence-corrected chi connectivity index (χ2v) is 4.36. The van der Waals surface area contributed by atoms with Gasteiger partial charge in [0.05, 0.1) is 24.0 Å². The van der Waals surface area contributed by atoms with Gasteiger partial charge in [-0.05, 0) is 12.8 Å². The van der Waals surface area contributed by atoms with Crippen LogP contribution in [0.1, 0.15) is 18.5 Å². The standard InChI is InChI=1S/C11H18N4O2/c12-7-11(1-3-17-4-2-11)10(16)14-6-9-5-13-8-15-9/h5,8H,1-4,6-7,12H2,(H,13,15)(H,14,16). The minimum absolute atomic E-state index is 0.0119. The van der Waals surface area contributed by atoms with Crippen LogP contribution in [0, 0.1) is 5.41 Å². The van der Waals surface area contributed by atoms with Crippen LogP contribution in [-0.2, 0) is 16.1 Å². The molecule has 1 aliphatic rings. The summed E-state index contributed by atoms with van der Waals surface area (Å²) >= 11 is 0. The summed E-state index contributed by atoms with van der Waals surface area (Å²) in [4.78, 5) is 19.0. The minimum Gasteiger partial charge on any atom is -0.381 e. The second kappa shape index (κ2) is 5.29. The Labute approximate surface area is 99.9 Å². The molecule has 2 rings (SSSR count). The zero-order chi connectivity index (χ0) is 12.1. The molecule has 0 aromatic carbocycles. The van der Waals surface area contributed by atoms with Gasteiger partial charge in [-0.1, -0.05) is 0 Å². The fraction of sp³-hybridized carbons (Fsp3) is 0.636. The Morgan fingerprint density at radius 1 is 1.59 bits per heavy atom. The highest BCUT2D eigenvalue weighted by molar-refractivity contribution is 5.82. The summed E-state index contributed by atoms with van der Waals surface area (Å²) in [6.45, 7) is 2.04. The van der Waals surface area contributed by atoms with Gasteiger partial charge in [-0.2, -0.15) is 0 Å². The Kier molecular flexibility index (Phi) is 3.75. The summed E-state index contributed by atoms with van der Waals surface area (Å²) < 4.78 is 5.28. The van der Waals surface area contributed by atoms with Gasteiger partial charge in [0.15, 0.2) is 0 Å². The van der Waals surface area contributed by atoms with Gasteiger partial charge in [-0.25, -0.2) is 4.98 Å². The molecule has 1 saturated heterocycles. The number of hydrogen-bond acceptors (Lipinski definition) is 4. The van der Waals surface area contributed by atoms with Crippen molar-refractivity contribution in [1.29, 1.82) is 0 Å². The van der Waals surface area contributed by atoms with Crippen molar-refractivity contribution in [3.8, 4) is 0 Å². The fourth-order valence-electron chi connectivity index (χ4n) is 2.03. The highest BCUT2D eigenvalue weighted by atomic mass is 16.5. The number of nitrogens with two attached hydrogens (primary N) is 1.